The molecule has 0 saturated carbocycles. The minimum absolute atomic E-state index is 0.0360. The van der Waals surface area contributed by atoms with Gasteiger partial charge in [0.25, 0.3) is 11.6 Å². The summed E-state index contributed by atoms with van der Waals surface area (Å²) in [4.78, 5) is 22.9. The first-order valence-corrected chi connectivity index (χ1v) is 10.1. The van der Waals surface area contributed by atoms with E-state index in [2.05, 4.69) is 19.2 Å². The van der Waals surface area contributed by atoms with Gasteiger partial charge in [-0.25, -0.2) is 0 Å². The summed E-state index contributed by atoms with van der Waals surface area (Å²) >= 11 is 6.24. The van der Waals surface area contributed by atoms with Crippen LogP contribution in [0.3, 0.4) is 0 Å². The smallest absolute Gasteiger partial charge is 0.291 e. The zero-order chi connectivity index (χ0) is 22.7. The molecular formula is C23H23ClN2O5. The van der Waals surface area contributed by atoms with Crippen LogP contribution < -0.4 is 10.1 Å². The van der Waals surface area contributed by atoms with Crippen molar-refractivity contribution in [2.24, 2.45) is 0 Å². The fourth-order valence-corrected chi connectivity index (χ4v) is 3.23. The maximum atomic E-state index is 12.5. The Labute approximate surface area is 185 Å². The molecule has 1 amide bonds. The van der Waals surface area contributed by atoms with Gasteiger partial charge in [0.2, 0.25) is 0 Å². The highest BCUT2D eigenvalue weighted by Gasteiger charge is 2.16. The Morgan fingerprint density at radius 1 is 1.16 bits per heavy atom. The number of carbonyl (C=O) groups is 1. The number of halogens is 1. The monoisotopic (exact) mass is 442 g/mol. The Morgan fingerprint density at radius 2 is 1.90 bits per heavy atom. The van der Waals surface area contributed by atoms with Crippen molar-refractivity contribution in [1.29, 1.82) is 0 Å². The van der Waals surface area contributed by atoms with E-state index in [9.17, 15) is 14.9 Å². The number of hydrogen-bond acceptors (Lipinski definition) is 5. The van der Waals surface area contributed by atoms with E-state index in [1.165, 1.54) is 18.2 Å². The molecule has 2 aromatic carbocycles. The number of furan rings is 1. The minimum Gasteiger partial charge on any atom is -0.485 e. The van der Waals surface area contributed by atoms with Crippen molar-refractivity contribution in [1.82, 2.24) is 0 Å². The van der Waals surface area contributed by atoms with E-state index in [0.717, 1.165) is 16.9 Å². The topological polar surface area (TPSA) is 94.6 Å². The number of aryl methyl sites for hydroxylation is 2. The van der Waals surface area contributed by atoms with E-state index in [4.69, 9.17) is 20.8 Å². The number of amides is 1. The van der Waals surface area contributed by atoms with E-state index in [1.807, 2.05) is 19.1 Å². The van der Waals surface area contributed by atoms with Crippen LogP contribution in [0.5, 0.6) is 5.75 Å². The zero-order valence-corrected chi connectivity index (χ0v) is 18.4. The molecule has 0 aliphatic heterocycles. The number of carbonyl (C=O) groups excluding carboxylic acids is 1. The maximum absolute atomic E-state index is 12.5. The predicted molar refractivity (Wildman–Crippen MR) is 119 cm³/mol. The van der Waals surface area contributed by atoms with E-state index >= 15 is 0 Å². The second-order valence-corrected chi connectivity index (χ2v) is 7.97. The molecule has 0 fully saturated rings. The molecule has 1 N–H and O–H groups in total. The van der Waals surface area contributed by atoms with Crippen LogP contribution in [0.4, 0.5) is 11.4 Å². The van der Waals surface area contributed by atoms with Gasteiger partial charge >= 0.3 is 0 Å². The summed E-state index contributed by atoms with van der Waals surface area (Å²) in [5.41, 5.74) is 2.93. The first-order valence-electron chi connectivity index (χ1n) is 9.73. The van der Waals surface area contributed by atoms with Gasteiger partial charge in [0.05, 0.1) is 4.92 Å². The molecule has 0 atom stereocenters. The number of nitro groups is 1. The van der Waals surface area contributed by atoms with Gasteiger partial charge in [-0.2, -0.15) is 0 Å². The second kappa shape index (κ2) is 9.22. The number of nitrogens with zero attached hydrogens (tertiary/aromatic N) is 1. The van der Waals surface area contributed by atoms with Crippen LogP contribution in [-0.2, 0) is 6.61 Å². The van der Waals surface area contributed by atoms with Crippen LogP contribution in [-0.4, -0.2) is 10.8 Å². The van der Waals surface area contributed by atoms with Crippen LogP contribution in [0.15, 0.2) is 46.9 Å². The average Bonchev–Trinajstić information content (AvgIpc) is 3.19. The number of nitrogens with one attached hydrogen (secondary N) is 1. The van der Waals surface area contributed by atoms with Crippen molar-refractivity contribution >= 4 is 28.9 Å². The van der Waals surface area contributed by atoms with Crippen molar-refractivity contribution in [3.05, 3.63) is 85.8 Å². The lowest BCUT2D eigenvalue weighted by Gasteiger charge is -2.15. The largest absolute Gasteiger partial charge is 0.485 e. The number of hydrogen-bond donors (Lipinski definition) is 1. The Balaban J connectivity index is 1.69. The van der Waals surface area contributed by atoms with Gasteiger partial charge in [-0.1, -0.05) is 25.4 Å². The summed E-state index contributed by atoms with van der Waals surface area (Å²) in [6.45, 7) is 7.87. The summed E-state index contributed by atoms with van der Waals surface area (Å²) in [5, 5.41) is 14.2. The summed E-state index contributed by atoms with van der Waals surface area (Å²) < 4.78 is 11.6. The summed E-state index contributed by atoms with van der Waals surface area (Å²) in [7, 11) is 0. The van der Waals surface area contributed by atoms with Crippen LogP contribution in [0.1, 0.15) is 52.8 Å². The highest BCUT2D eigenvalue weighted by molar-refractivity contribution is 6.31. The van der Waals surface area contributed by atoms with Crippen molar-refractivity contribution < 1.29 is 18.9 Å². The highest BCUT2D eigenvalue weighted by Crippen LogP contribution is 2.32. The molecule has 0 aliphatic rings. The van der Waals surface area contributed by atoms with Crippen LogP contribution in [0.2, 0.25) is 5.02 Å². The SMILES string of the molecule is Cc1cc(OCc2ccc(C(=O)Nc3ccc([N+](=O)[O-])cc3C)o2)c(C(C)C)cc1Cl. The van der Waals surface area contributed by atoms with Crippen LogP contribution in [0.25, 0.3) is 0 Å². The van der Waals surface area contributed by atoms with Crippen molar-refractivity contribution in [3.63, 3.8) is 0 Å². The molecule has 0 bridgehead atoms. The summed E-state index contributed by atoms with van der Waals surface area (Å²) in [6.07, 6.45) is 0. The number of rotatable bonds is 7. The Bertz CT molecular complexity index is 1140. The van der Waals surface area contributed by atoms with Gasteiger partial charge in [-0.3, -0.25) is 14.9 Å². The quantitative estimate of drug-likeness (QED) is 0.337. The van der Waals surface area contributed by atoms with Crippen LogP contribution >= 0.6 is 11.6 Å². The van der Waals surface area contributed by atoms with E-state index in [-0.39, 0.29) is 24.0 Å². The zero-order valence-electron chi connectivity index (χ0n) is 17.7. The minimum atomic E-state index is -0.482. The fraction of sp³-hybridized carbons (Fsp3) is 0.261. The highest BCUT2D eigenvalue weighted by atomic mass is 35.5. The lowest BCUT2D eigenvalue weighted by molar-refractivity contribution is -0.384. The van der Waals surface area contributed by atoms with Gasteiger partial charge < -0.3 is 14.5 Å². The normalized spacial score (nSPS) is 10.9. The number of non-ortho nitro benzene ring substituents is 1. The third kappa shape index (κ3) is 5.24. The molecule has 3 rings (SSSR count). The predicted octanol–water partition coefficient (Wildman–Crippen LogP) is 6.41. The molecular weight excluding hydrogens is 420 g/mol. The average molecular weight is 443 g/mol. The number of benzene rings is 2. The molecule has 162 valence electrons. The molecule has 0 aliphatic carbocycles. The summed E-state index contributed by atoms with van der Waals surface area (Å²) in [5.74, 6) is 1.12. The van der Waals surface area contributed by atoms with Gasteiger partial charge in [-0.05, 0) is 66.8 Å². The van der Waals surface area contributed by atoms with E-state index in [0.29, 0.717) is 22.0 Å². The number of nitro benzene ring substituents is 1. The molecule has 7 nitrogen and oxygen atoms in total. The molecule has 8 heteroatoms. The van der Waals surface area contributed by atoms with Gasteiger partial charge in [-0.15, -0.1) is 0 Å². The third-order valence-corrected chi connectivity index (χ3v) is 5.24. The van der Waals surface area contributed by atoms with E-state index in [1.54, 1.807) is 19.1 Å². The lowest BCUT2D eigenvalue weighted by Crippen LogP contribution is -2.12. The van der Waals surface area contributed by atoms with Crippen molar-refractivity contribution in [2.75, 3.05) is 5.32 Å². The van der Waals surface area contributed by atoms with Gasteiger partial charge in [0.1, 0.15) is 18.1 Å². The first-order chi connectivity index (χ1) is 14.7. The second-order valence-electron chi connectivity index (χ2n) is 7.56. The molecule has 1 aromatic heterocycles. The number of ether oxygens (including phenoxy) is 1. The fourth-order valence-electron chi connectivity index (χ4n) is 3.06. The van der Waals surface area contributed by atoms with Gasteiger partial charge in [0, 0.05) is 22.8 Å². The Hall–Kier alpha value is -3.32. The standard InChI is InChI=1S/C23H23ClN2O5/c1-13(2)18-11-19(24)14(3)10-22(18)30-12-17-6-8-21(31-17)23(27)25-20-7-5-16(26(28)29)9-15(20)4/h5-11,13H,12H2,1-4H3,(H,25,27). The maximum Gasteiger partial charge on any atom is 0.291 e. The molecule has 0 saturated heterocycles. The van der Waals surface area contributed by atoms with Crippen molar-refractivity contribution in [2.45, 2.75) is 40.2 Å². The Kier molecular flexibility index (Phi) is 6.65. The molecule has 3 aromatic rings. The first kappa shape index (κ1) is 22.4. The molecule has 1 heterocycles. The summed E-state index contributed by atoms with van der Waals surface area (Å²) in [6, 6.07) is 11.3. The lowest BCUT2D eigenvalue weighted by atomic mass is 10.0. The molecule has 0 unspecified atom stereocenters. The van der Waals surface area contributed by atoms with Crippen molar-refractivity contribution in [3.8, 4) is 5.75 Å². The van der Waals surface area contributed by atoms with Crippen LogP contribution in [0, 0.1) is 24.0 Å². The van der Waals surface area contributed by atoms with Gasteiger partial charge in [0.15, 0.2) is 5.76 Å². The number of anilines is 1. The molecule has 31 heavy (non-hydrogen) atoms. The molecule has 0 spiro atoms. The molecule has 0 radical (unpaired) electrons. The third-order valence-electron chi connectivity index (χ3n) is 4.84. The van der Waals surface area contributed by atoms with E-state index < -0.39 is 10.8 Å². The Morgan fingerprint density at radius 3 is 2.55 bits per heavy atom.